The molecule has 0 fully saturated rings. The van der Waals surface area contributed by atoms with E-state index in [9.17, 15) is 9.18 Å². The molecule has 2 nitrogen and oxygen atoms in total. The Labute approximate surface area is 93.4 Å². The highest BCUT2D eigenvalue weighted by atomic mass is 35.5. The minimum absolute atomic E-state index is 0.109. The second kappa shape index (κ2) is 5.83. The van der Waals surface area contributed by atoms with Crippen molar-refractivity contribution in [3.8, 4) is 0 Å². The normalized spacial score (nSPS) is 10.3. The summed E-state index contributed by atoms with van der Waals surface area (Å²) in [6, 6.07) is 4.10. The Kier molecular flexibility index (Phi) is 4.72. The van der Waals surface area contributed by atoms with Crippen molar-refractivity contribution in [3.05, 3.63) is 34.6 Å². The molecule has 0 saturated carbocycles. The number of ketones is 1. The molecular formula is C11H13ClFNO. The third kappa shape index (κ3) is 3.61. The number of hydrogen-bond acceptors (Lipinski definition) is 2. The van der Waals surface area contributed by atoms with E-state index < -0.39 is 5.82 Å². The van der Waals surface area contributed by atoms with Crippen molar-refractivity contribution >= 4 is 17.4 Å². The molecule has 0 aliphatic rings. The van der Waals surface area contributed by atoms with Gasteiger partial charge in [0.2, 0.25) is 0 Å². The van der Waals surface area contributed by atoms with Gasteiger partial charge in [-0.25, -0.2) is 4.39 Å². The Bertz CT molecular complexity index is 354. The predicted octanol–water partition coefficient (Wildman–Crippen LogP) is 2.66. The molecule has 82 valence electrons. The third-order valence-electron chi connectivity index (χ3n) is 2.01. The van der Waals surface area contributed by atoms with Crippen molar-refractivity contribution in [2.45, 2.75) is 13.3 Å². The van der Waals surface area contributed by atoms with Gasteiger partial charge in [0.25, 0.3) is 0 Å². The lowest BCUT2D eigenvalue weighted by molar-refractivity contribution is 0.0979. The maximum Gasteiger partial charge on any atom is 0.167 e. The van der Waals surface area contributed by atoms with Crippen LogP contribution >= 0.6 is 11.6 Å². The number of carbonyl (C=O) groups is 1. The minimum Gasteiger partial charge on any atom is -0.317 e. The lowest BCUT2D eigenvalue weighted by Crippen LogP contribution is -2.18. The van der Waals surface area contributed by atoms with E-state index >= 15 is 0 Å². The summed E-state index contributed by atoms with van der Waals surface area (Å²) in [4.78, 5) is 11.5. The number of Topliss-reactive ketones (excluding diaryl/α,β-unsaturated/α-hetero) is 1. The quantitative estimate of drug-likeness (QED) is 0.621. The summed E-state index contributed by atoms with van der Waals surface area (Å²) in [7, 11) is 0. The van der Waals surface area contributed by atoms with Gasteiger partial charge in [-0.05, 0) is 24.7 Å². The van der Waals surface area contributed by atoms with E-state index in [0.717, 1.165) is 12.6 Å². The lowest BCUT2D eigenvalue weighted by Gasteiger charge is -2.03. The van der Waals surface area contributed by atoms with Crippen LogP contribution < -0.4 is 5.32 Å². The van der Waals surface area contributed by atoms with Gasteiger partial charge in [0.15, 0.2) is 5.78 Å². The molecule has 0 atom stereocenters. The molecule has 0 aliphatic heterocycles. The number of nitrogens with one attached hydrogen (secondary N) is 1. The van der Waals surface area contributed by atoms with Crippen molar-refractivity contribution < 1.29 is 9.18 Å². The van der Waals surface area contributed by atoms with Gasteiger partial charge in [0, 0.05) is 18.0 Å². The topological polar surface area (TPSA) is 29.1 Å². The highest BCUT2D eigenvalue weighted by Gasteiger charge is 2.11. The van der Waals surface area contributed by atoms with Gasteiger partial charge in [-0.2, -0.15) is 0 Å². The summed E-state index contributed by atoms with van der Waals surface area (Å²) in [6.07, 6.45) is 0.298. The molecule has 4 heteroatoms. The zero-order chi connectivity index (χ0) is 11.3. The van der Waals surface area contributed by atoms with E-state index in [1.165, 1.54) is 12.1 Å². The van der Waals surface area contributed by atoms with E-state index in [1.807, 2.05) is 6.92 Å². The molecule has 0 radical (unpaired) electrons. The van der Waals surface area contributed by atoms with Gasteiger partial charge in [-0.15, -0.1) is 0 Å². The summed E-state index contributed by atoms with van der Waals surface area (Å²) < 4.78 is 13.3. The van der Waals surface area contributed by atoms with Crippen LogP contribution in [-0.2, 0) is 0 Å². The molecule has 1 aromatic carbocycles. The SMILES string of the molecule is CCNCCC(=O)c1ccc(Cl)cc1F. The zero-order valence-corrected chi connectivity index (χ0v) is 9.27. The van der Waals surface area contributed by atoms with E-state index in [2.05, 4.69) is 5.32 Å². The Balaban J connectivity index is 2.65. The molecule has 0 aliphatic carbocycles. The molecule has 0 saturated heterocycles. The standard InChI is InChI=1S/C11H13ClFNO/c1-2-14-6-5-11(15)9-4-3-8(12)7-10(9)13/h3-4,7,14H,2,5-6H2,1H3. The summed E-state index contributed by atoms with van der Waals surface area (Å²) in [6.45, 7) is 3.32. The number of carbonyl (C=O) groups excluding carboxylic acids is 1. The van der Waals surface area contributed by atoms with Crippen LogP contribution in [0.4, 0.5) is 4.39 Å². The van der Waals surface area contributed by atoms with Crippen LogP contribution in [0.15, 0.2) is 18.2 Å². The van der Waals surface area contributed by atoms with Crippen LogP contribution in [0.5, 0.6) is 0 Å². The maximum atomic E-state index is 13.3. The van der Waals surface area contributed by atoms with Crippen molar-refractivity contribution in [3.63, 3.8) is 0 Å². The fraction of sp³-hybridized carbons (Fsp3) is 0.364. The molecule has 0 heterocycles. The van der Waals surface area contributed by atoms with Crippen molar-refractivity contribution in [2.24, 2.45) is 0 Å². The molecular weight excluding hydrogens is 217 g/mol. The van der Waals surface area contributed by atoms with Gasteiger partial charge in [-0.3, -0.25) is 4.79 Å². The molecule has 1 rings (SSSR count). The van der Waals surface area contributed by atoms with E-state index in [1.54, 1.807) is 0 Å². The first-order valence-corrected chi connectivity index (χ1v) is 5.22. The van der Waals surface area contributed by atoms with E-state index in [-0.39, 0.29) is 11.3 Å². The number of halogens is 2. The van der Waals surface area contributed by atoms with Crippen LogP contribution in [0.1, 0.15) is 23.7 Å². The van der Waals surface area contributed by atoms with Crippen LogP contribution in [0, 0.1) is 5.82 Å². The number of hydrogen-bond donors (Lipinski definition) is 1. The molecule has 1 N–H and O–H groups in total. The van der Waals surface area contributed by atoms with Crippen LogP contribution in [0.25, 0.3) is 0 Å². The molecule has 0 spiro atoms. The van der Waals surface area contributed by atoms with Crippen LogP contribution in [0.2, 0.25) is 5.02 Å². The minimum atomic E-state index is -0.552. The first kappa shape index (κ1) is 12.1. The Morgan fingerprint density at radius 1 is 1.53 bits per heavy atom. The second-order valence-electron chi connectivity index (χ2n) is 3.15. The molecule has 1 aromatic rings. The number of benzene rings is 1. The van der Waals surface area contributed by atoms with Gasteiger partial charge in [0.1, 0.15) is 5.82 Å². The Morgan fingerprint density at radius 2 is 2.27 bits per heavy atom. The third-order valence-corrected chi connectivity index (χ3v) is 2.25. The predicted molar refractivity (Wildman–Crippen MR) is 58.9 cm³/mol. The van der Waals surface area contributed by atoms with Crippen LogP contribution in [-0.4, -0.2) is 18.9 Å². The van der Waals surface area contributed by atoms with Gasteiger partial charge in [-0.1, -0.05) is 18.5 Å². The first-order chi connectivity index (χ1) is 7.15. The first-order valence-electron chi connectivity index (χ1n) is 4.84. The highest BCUT2D eigenvalue weighted by Crippen LogP contribution is 2.15. The van der Waals surface area contributed by atoms with E-state index in [4.69, 9.17) is 11.6 Å². The maximum absolute atomic E-state index is 13.3. The summed E-state index contributed by atoms with van der Waals surface area (Å²) >= 11 is 5.58. The van der Waals surface area contributed by atoms with Gasteiger partial charge in [0.05, 0.1) is 5.56 Å². The molecule has 0 unspecified atom stereocenters. The van der Waals surface area contributed by atoms with Crippen molar-refractivity contribution in [1.29, 1.82) is 0 Å². The van der Waals surface area contributed by atoms with E-state index in [0.29, 0.717) is 18.0 Å². The van der Waals surface area contributed by atoms with Crippen molar-refractivity contribution in [2.75, 3.05) is 13.1 Å². The largest absolute Gasteiger partial charge is 0.317 e. The lowest BCUT2D eigenvalue weighted by atomic mass is 10.1. The van der Waals surface area contributed by atoms with Crippen molar-refractivity contribution in [1.82, 2.24) is 5.32 Å². The summed E-state index contributed by atoms with van der Waals surface area (Å²) in [5, 5.41) is 3.31. The Hall–Kier alpha value is -0.930. The molecule has 0 amide bonds. The fourth-order valence-corrected chi connectivity index (χ4v) is 1.39. The average Bonchev–Trinajstić information content (AvgIpc) is 2.17. The zero-order valence-electron chi connectivity index (χ0n) is 8.52. The molecule has 0 bridgehead atoms. The fourth-order valence-electron chi connectivity index (χ4n) is 1.23. The van der Waals surface area contributed by atoms with Gasteiger partial charge >= 0.3 is 0 Å². The van der Waals surface area contributed by atoms with Gasteiger partial charge < -0.3 is 5.32 Å². The molecule has 0 aromatic heterocycles. The summed E-state index contributed by atoms with van der Waals surface area (Å²) in [5.74, 6) is -0.755. The molecule has 15 heavy (non-hydrogen) atoms. The average molecular weight is 230 g/mol. The number of rotatable bonds is 5. The highest BCUT2D eigenvalue weighted by molar-refractivity contribution is 6.30. The Morgan fingerprint density at radius 3 is 2.87 bits per heavy atom. The van der Waals surface area contributed by atoms with Crippen LogP contribution in [0.3, 0.4) is 0 Å². The second-order valence-corrected chi connectivity index (χ2v) is 3.59. The summed E-state index contributed by atoms with van der Waals surface area (Å²) in [5.41, 5.74) is 0.109. The smallest absolute Gasteiger partial charge is 0.167 e. The monoisotopic (exact) mass is 229 g/mol.